The molecule has 0 amide bonds. The van der Waals surface area contributed by atoms with Crippen LogP contribution >= 0.6 is 0 Å². The molecule has 1 N–H and O–H groups in total. The predicted octanol–water partition coefficient (Wildman–Crippen LogP) is 2.64. The molecule has 0 radical (unpaired) electrons. The van der Waals surface area contributed by atoms with Gasteiger partial charge in [0.15, 0.2) is 0 Å². The van der Waals surface area contributed by atoms with Crippen LogP contribution in [0.2, 0.25) is 0 Å². The molecule has 1 fully saturated rings. The lowest BCUT2D eigenvalue weighted by atomic mass is 9.71. The van der Waals surface area contributed by atoms with E-state index in [0.717, 1.165) is 26.3 Å². The molecule has 1 heterocycles. The summed E-state index contributed by atoms with van der Waals surface area (Å²) in [5.41, 5.74) is 6.99. The van der Waals surface area contributed by atoms with Crippen LogP contribution in [-0.4, -0.2) is 31.3 Å². The van der Waals surface area contributed by atoms with Gasteiger partial charge in [-0.2, -0.15) is 0 Å². The third-order valence-electron chi connectivity index (χ3n) is 4.47. The highest BCUT2D eigenvalue weighted by atomic mass is 16.5. The van der Waals surface area contributed by atoms with Crippen LogP contribution in [0.25, 0.3) is 0 Å². The van der Waals surface area contributed by atoms with Crippen LogP contribution in [-0.2, 0) is 10.2 Å². The Morgan fingerprint density at radius 2 is 1.95 bits per heavy atom. The summed E-state index contributed by atoms with van der Waals surface area (Å²) in [7, 11) is 0. The third kappa shape index (κ3) is 2.69. The molecule has 0 spiro atoms. The Balaban J connectivity index is 1.80. The Hall–Kier alpha value is -0.900. The van der Waals surface area contributed by atoms with Crippen LogP contribution in [0, 0.1) is 0 Å². The molecule has 1 unspecified atom stereocenters. The minimum Gasteiger partial charge on any atom is -0.379 e. The SMILES string of the molecule is CC1(C)CCC(NN2CCOCC2)c2ccccc21. The molecule has 19 heavy (non-hydrogen) atoms. The van der Waals surface area contributed by atoms with E-state index in [1.54, 1.807) is 0 Å². The third-order valence-corrected chi connectivity index (χ3v) is 4.47. The molecular formula is C16H24N2O. The molecule has 0 aromatic heterocycles. The van der Waals surface area contributed by atoms with Crippen molar-refractivity contribution < 1.29 is 4.74 Å². The van der Waals surface area contributed by atoms with Crippen LogP contribution < -0.4 is 5.43 Å². The lowest BCUT2D eigenvalue weighted by Gasteiger charge is -2.40. The fraction of sp³-hybridized carbons (Fsp3) is 0.625. The van der Waals surface area contributed by atoms with E-state index >= 15 is 0 Å². The Morgan fingerprint density at radius 3 is 2.74 bits per heavy atom. The highest BCUT2D eigenvalue weighted by Gasteiger charge is 2.32. The average Bonchev–Trinajstić information content (AvgIpc) is 2.44. The first-order valence-corrected chi connectivity index (χ1v) is 7.35. The van der Waals surface area contributed by atoms with Gasteiger partial charge < -0.3 is 4.74 Å². The fourth-order valence-corrected chi connectivity index (χ4v) is 3.26. The lowest BCUT2D eigenvalue weighted by Crippen LogP contribution is -2.48. The van der Waals surface area contributed by atoms with Crippen LogP contribution in [0.3, 0.4) is 0 Å². The zero-order chi connectivity index (χ0) is 13.3. The molecule has 1 aliphatic heterocycles. The number of benzene rings is 1. The van der Waals surface area contributed by atoms with Crippen LogP contribution in [0.1, 0.15) is 43.9 Å². The van der Waals surface area contributed by atoms with Crippen LogP contribution in [0.15, 0.2) is 24.3 Å². The van der Waals surface area contributed by atoms with Gasteiger partial charge in [0, 0.05) is 19.1 Å². The van der Waals surface area contributed by atoms with Gasteiger partial charge in [-0.15, -0.1) is 0 Å². The van der Waals surface area contributed by atoms with E-state index in [1.807, 2.05) is 0 Å². The van der Waals surface area contributed by atoms with E-state index in [9.17, 15) is 0 Å². The molecular weight excluding hydrogens is 236 g/mol. The summed E-state index contributed by atoms with van der Waals surface area (Å²) < 4.78 is 5.41. The Labute approximate surface area is 115 Å². The molecule has 1 atom stereocenters. The Morgan fingerprint density at radius 1 is 1.21 bits per heavy atom. The van der Waals surface area contributed by atoms with Crippen LogP contribution in [0.4, 0.5) is 0 Å². The van der Waals surface area contributed by atoms with Crippen molar-refractivity contribution in [2.75, 3.05) is 26.3 Å². The minimum absolute atomic E-state index is 0.305. The first-order valence-electron chi connectivity index (χ1n) is 7.35. The molecule has 1 saturated heterocycles. The topological polar surface area (TPSA) is 24.5 Å². The molecule has 2 aliphatic rings. The lowest BCUT2D eigenvalue weighted by molar-refractivity contribution is 0.000983. The maximum atomic E-state index is 5.41. The van der Waals surface area contributed by atoms with E-state index < -0.39 is 0 Å². The molecule has 3 nitrogen and oxygen atoms in total. The van der Waals surface area contributed by atoms with Gasteiger partial charge >= 0.3 is 0 Å². The highest BCUT2D eigenvalue weighted by Crippen LogP contribution is 2.41. The van der Waals surface area contributed by atoms with Crippen molar-refractivity contribution in [1.29, 1.82) is 0 Å². The molecule has 3 rings (SSSR count). The van der Waals surface area contributed by atoms with E-state index in [2.05, 4.69) is 48.5 Å². The van der Waals surface area contributed by atoms with Gasteiger partial charge in [-0.25, -0.2) is 10.4 Å². The zero-order valence-corrected chi connectivity index (χ0v) is 12.0. The van der Waals surface area contributed by atoms with Crippen molar-refractivity contribution in [3.05, 3.63) is 35.4 Å². The first-order chi connectivity index (χ1) is 9.17. The van der Waals surface area contributed by atoms with Crippen molar-refractivity contribution in [2.24, 2.45) is 0 Å². The summed E-state index contributed by atoms with van der Waals surface area (Å²) in [5.74, 6) is 0. The summed E-state index contributed by atoms with van der Waals surface area (Å²) >= 11 is 0. The summed E-state index contributed by atoms with van der Waals surface area (Å²) in [6.07, 6.45) is 2.45. The van der Waals surface area contributed by atoms with Crippen molar-refractivity contribution >= 4 is 0 Å². The van der Waals surface area contributed by atoms with Gasteiger partial charge in [-0.05, 0) is 29.4 Å². The van der Waals surface area contributed by atoms with Crippen molar-refractivity contribution in [3.63, 3.8) is 0 Å². The molecule has 3 heteroatoms. The van der Waals surface area contributed by atoms with Gasteiger partial charge in [0.05, 0.1) is 13.2 Å². The number of hydrogen-bond donors (Lipinski definition) is 1. The monoisotopic (exact) mass is 260 g/mol. The van der Waals surface area contributed by atoms with Gasteiger partial charge in [-0.1, -0.05) is 38.1 Å². The second-order valence-electron chi connectivity index (χ2n) is 6.29. The number of hydrazine groups is 1. The number of ether oxygens (including phenoxy) is 1. The predicted molar refractivity (Wildman–Crippen MR) is 77.0 cm³/mol. The Kier molecular flexibility index (Phi) is 3.61. The Bertz CT molecular complexity index is 438. The number of morpholine rings is 1. The maximum Gasteiger partial charge on any atom is 0.0608 e. The smallest absolute Gasteiger partial charge is 0.0608 e. The standard InChI is InChI=1S/C16H24N2O/c1-16(2)8-7-15(13-5-3-4-6-14(13)16)17-18-9-11-19-12-10-18/h3-6,15,17H,7-12H2,1-2H3. The molecule has 1 aromatic rings. The van der Waals surface area contributed by atoms with Gasteiger partial charge in [0.25, 0.3) is 0 Å². The maximum absolute atomic E-state index is 5.41. The average molecular weight is 260 g/mol. The van der Waals surface area contributed by atoms with Gasteiger partial charge in [-0.3, -0.25) is 0 Å². The van der Waals surface area contributed by atoms with Crippen molar-refractivity contribution in [3.8, 4) is 0 Å². The second kappa shape index (κ2) is 5.23. The first kappa shape index (κ1) is 13.1. The van der Waals surface area contributed by atoms with Crippen molar-refractivity contribution in [2.45, 2.75) is 38.1 Å². The minimum atomic E-state index is 0.305. The normalized spacial score (nSPS) is 26.9. The van der Waals surface area contributed by atoms with Crippen LogP contribution in [0.5, 0.6) is 0 Å². The van der Waals surface area contributed by atoms with E-state index in [0.29, 0.717) is 11.5 Å². The summed E-state index contributed by atoms with van der Waals surface area (Å²) in [4.78, 5) is 0. The zero-order valence-electron chi connectivity index (χ0n) is 12.0. The molecule has 0 saturated carbocycles. The number of fused-ring (bicyclic) bond motifs is 1. The van der Waals surface area contributed by atoms with Crippen molar-refractivity contribution in [1.82, 2.24) is 10.4 Å². The van der Waals surface area contributed by atoms with E-state index in [1.165, 1.54) is 24.0 Å². The number of nitrogens with one attached hydrogen (secondary N) is 1. The van der Waals surface area contributed by atoms with E-state index in [4.69, 9.17) is 4.74 Å². The summed E-state index contributed by atoms with van der Waals surface area (Å²) in [6, 6.07) is 9.37. The quantitative estimate of drug-likeness (QED) is 0.884. The molecule has 1 aromatic carbocycles. The fourth-order valence-electron chi connectivity index (χ4n) is 3.26. The number of hydrogen-bond acceptors (Lipinski definition) is 3. The van der Waals surface area contributed by atoms with Gasteiger partial charge in [0.2, 0.25) is 0 Å². The summed E-state index contributed by atoms with van der Waals surface area (Å²) in [5, 5.41) is 2.32. The van der Waals surface area contributed by atoms with Gasteiger partial charge in [0.1, 0.15) is 0 Å². The molecule has 104 valence electrons. The molecule has 1 aliphatic carbocycles. The second-order valence-corrected chi connectivity index (χ2v) is 6.29. The summed E-state index contributed by atoms with van der Waals surface area (Å²) in [6.45, 7) is 8.37. The largest absolute Gasteiger partial charge is 0.379 e. The van der Waals surface area contributed by atoms with E-state index in [-0.39, 0.29) is 0 Å². The highest BCUT2D eigenvalue weighted by molar-refractivity contribution is 5.37. The molecule has 0 bridgehead atoms. The number of rotatable bonds is 2. The number of nitrogens with zero attached hydrogens (tertiary/aromatic N) is 1.